The molecule has 0 amide bonds. The fraction of sp³-hybridized carbons (Fsp3) is 0.417. The molecule has 0 aliphatic carbocycles. The lowest BCUT2D eigenvalue weighted by Gasteiger charge is -2.10. The van der Waals surface area contributed by atoms with Crippen LogP contribution < -0.4 is 0 Å². The number of alkyl halides is 1. The van der Waals surface area contributed by atoms with Gasteiger partial charge in [-0.2, -0.15) is 0 Å². The van der Waals surface area contributed by atoms with Gasteiger partial charge in [-0.05, 0) is 35.9 Å². The van der Waals surface area contributed by atoms with E-state index in [1.807, 2.05) is 0 Å². The third kappa shape index (κ3) is 4.48. The van der Waals surface area contributed by atoms with Gasteiger partial charge in [0.15, 0.2) is 5.78 Å². The smallest absolute Gasteiger partial charge is 0.186 e. The van der Waals surface area contributed by atoms with Crippen molar-refractivity contribution in [3.8, 4) is 0 Å². The minimum atomic E-state index is -0.170. The van der Waals surface area contributed by atoms with Gasteiger partial charge in [0.05, 0.1) is 0 Å². The number of rotatable bonds is 5. The van der Waals surface area contributed by atoms with Crippen molar-refractivity contribution in [2.45, 2.75) is 18.0 Å². The molecule has 88 valence electrons. The van der Waals surface area contributed by atoms with Crippen molar-refractivity contribution < 1.29 is 4.79 Å². The van der Waals surface area contributed by atoms with Crippen LogP contribution in [0.3, 0.4) is 0 Å². The SMILES string of the molecule is CC(C)CSC(Br)C(=O)c1ccc(Cl)cc1. The Morgan fingerprint density at radius 2 is 1.94 bits per heavy atom. The molecule has 0 aromatic heterocycles. The maximum absolute atomic E-state index is 12.0. The number of hydrogen-bond acceptors (Lipinski definition) is 2. The summed E-state index contributed by atoms with van der Waals surface area (Å²) in [6.45, 7) is 4.28. The van der Waals surface area contributed by atoms with Crippen molar-refractivity contribution in [3.63, 3.8) is 0 Å². The highest BCUT2D eigenvalue weighted by atomic mass is 79.9. The Kier molecular flexibility index (Phi) is 5.87. The zero-order valence-corrected chi connectivity index (χ0v) is 12.4. The second-order valence-corrected chi connectivity index (χ2v) is 7.01. The van der Waals surface area contributed by atoms with Crippen LogP contribution in [-0.2, 0) is 0 Å². The summed E-state index contributed by atoms with van der Waals surface area (Å²) in [7, 11) is 0. The van der Waals surface area contributed by atoms with Crippen molar-refractivity contribution in [1.29, 1.82) is 0 Å². The highest BCUT2D eigenvalue weighted by molar-refractivity contribution is 9.11. The average Bonchev–Trinajstić information content (AvgIpc) is 2.26. The molecule has 1 unspecified atom stereocenters. The number of carbonyl (C=O) groups excluding carboxylic acids is 1. The molecule has 4 heteroatoms. The van der Waals surface area contributed by atoms with Crippen LogP contribution in [0, 0.1) is 5.92 Å². The van der Waals surface area contributed by atoms with E-state index in [4.69, 9.17) is 11.6 Å². The predicted molar refractivity (Wildman–Crippen MR) is 75.8 cm³/mol. The Bertz CT molecular complexity index is 351. The van der Waals surface area contributed by atoms with E-state index in [9.17, 15) is 4.79 Å². The van der Waals surface area contributed by atoms with Gasteiger partial charge in [-0.15, -0.1) is 11.8 Å². The molecule has 0 bridgehead atoms. The lowest BCUT2D eigenvalue weighted by atomic mass is 10.1. The molecule has 0 heterocycles. The maximum Gasteiger partial charge on any atom is 0.186 e. The maximum atomic E-state index is 12.0. The van der Waals surface area contributed by atoms with Gasteiger partial charge in [0.1, 0.15) is 4.16 Å². The molecule has 0 saturated carbocycles. The Labute approximate surface area is 114 Å². The summed E-state index contributed by atoms with van der Waals surface area (Å²) in [4.78, 5) is 12.0. The Morgan fingerprint density at radius 1 is 1.38 bits per heavy atom. The van der Waals surface area contributed by atoms with Crippen molar-refractivity contribution >= 4 is 45.1 Å². The normalized spacial score (nSPS) is 12.8. The average molecular weight is 322 g/mol. The van der Waals surface area contributed by atoms with E-state index in [1.54, 1.807) is 36.0 Å². The summed E-state index contributed by atoms with van der Waals surface area (Å²) in [5.41, 5.74) is 0.697. The molecule has 1 rings (SSSR count). The van der Waals surface area contributed by atoms with Gasteiger partial charge >= 0.3 is 0 Å². The molecule has 1 atom stereocenters. The Balaban J connectivity index is 2.60. The molecule has 0 aliphatic rings. The van der Waals surface area contributed by atoms with Gasteiger partial charge in [0.2, 0.25) is 0 Å². The molecule has 0 saturated heterocycles. The van der Waals surface area contributed by atoms with Crippen molar-refractivity contribution in [1.82, 2.24) is 0 Å². The van der Waals surface area contributed by atoms with Crippen LogP contribution >= 0.6 is 39.3 Å². The standard InChI is InChI=1S/C12H14BrClOS/c1-8(2)7-16-12(13)11(15)9-3-5-10(14)6-4-9/h3-6,8,12H,7H2,1-2H3. The van der Waals surface area contributed by atoms with E-state index < -0.39 is 0 Å². The number of halogens is 2. The minimum absolute atomic E-state index is 0.0994. The molecule has 1 nitrogen and oxygen atoms in total. The fourth-order valence-electron chi connectivity index (χ4n) is 1.10. The first-order valence-corrected chi connectivity index (χ1v) is 7.40. The lowest BCUT2D eigenvalue weighted by Crippen LogP contribution is -2.12. The van der Waals surface area contributed by atoms with E-state index in [0.717, 1.165) is 5.75 Å². The molecular formula is C12H14BrClOS. The monoisotopic (exact) mass is 320 g/mol. The number of benzene rings is 1. The molecule has 0 radical (unpaired) electrons. The van der Waals surface area contributed by atoms with Crippen LogP contribution in [0.2, 0.25) is 5.02 Å². The molecule has 1 aromatic carbocycles. The fourth-order valence-corrected chi connectivity index (χ4v) is 2.79. The van der Waals surface area contributed by atoms with E-state index >= 15 is 0 Å². The summed E-state index contributed by atoms with van der Waals surface area (Å²) in [6.07, 6.45) is 0. The predicted octanol–water partition coefficient (Wildman–Crippen LogP) is 4.63. The van der Waals surface area contributed by atoms with Gasteiger partial charge in [0.25, 0.3) is 0 Å². The van der Waals surface area contributed by atoms with Gasteiger partial charge < -0.3 is 0 Å². The zero-order valence-electron chi connectivity index (χ0n) is 9.24. The highest BCUT2D eigenvalue weighted by Crippen LogP contribution is 2.24. The molecule has 16 heavy (non-hydrogen) atoms. The summed E-state index contributed by atoms with van der Waals surface area (Å²) in [5, 5.41) is 0.650. The van der Waals surface area contributed by atoms with Crippen LogP contribution in [0.4, 0.5) is 0 Å². The van der Waals surface area contributed by atoms with E-state index in [2.05, 4.69) is 29.8 Å². The number of ketones is 1. The van der Waals surface area contributed by atoms with Crippen LogP contribution in [0.15, 0.2) is 24.3 Å². The first-order chi connectivity index (χ1) is 7.50. The number of hydrogen-bond donors (Lipinski definition) is 0. The third-order valence-electron chi connectivity index (χ3n) is 1.91. The minimum Gasteiger partial charge on any atom is -0.292 e. The molecular weight excluding hydrogens is 308 g/mol. The summed E-state index contributed by atoms with van der Waals surface area (Å²) in [6, 6.07) is 6.99. The first-order valence-electron chi connectivity index (χ1n) is 5.06. The summed E-state index contributed by atoms with van der Waals surface area (Å²) in [5.74, 6) is 1.65. The number of thioether (sulfide) groups is 1. The van der Waals surface area contributed by atoms with Gasteiger partial charge in [0, 0.05) is 10.6 Å². The lowest BCUT2D eigenvalue weighted by molar-refractivity contribution is 0.101. The Hall–Kier alpha value is 0.01000. The van der Waals surface area contributed by atoms with Crippen LogP contribution in [0.1, 0.15) is 24.2 Å². The van der Waals surface area contributed by atoms with Crippen molar-refractivity contribution in [2.75, 3.05) is 5.75 Å². The van der Waals surface area contributed by atoms with Gasteiger partial charge in [-0.3, -0.25) is 4.79 Å². The number of carbonyl (C=O) groups is 1. The van der Waals surface area contributed by atoms with Crippen molar-refractivity contribution in [2.24, 2.45) is 5.92 Å². The second-order valence-electron chi connectivity index (χ2n) is 3.91. The first kappa shape index (κ1) is 14.1. The van der Waals surface area contributed by atoms with Crippen LogP contribution in [0.5, 0.6) is 0 Å². The second kappa shape index (κ2) is 6.67. The third-order valence-corrected chi connectivity index (χ3v) is 4.74. The summed E-state index contributed by atoms with van der Waals surface area (Å²) >= 11 is 10.8. The number of Topliss-reactive ketones (excluding diaryl/α,β-unsaturated/α-hetero) is 1. The van der Waals surface area contributed by atoms with Gasteiger partial charge in [-0.1, -0.05) is 41.4 Å². The van der Waals surface area contributed by atoms with Crippen molar-refractivity contribution in [3.05, 3.63) is 34.9 Å². The zero-order chi connectivity index (χ0) is 12.1. The molecule has 0 spiro atoms. The topological polar surface area (TPSA) is 17.1 Å². The largest absolute Gasteiger partial charge is 0.292 e. The van der Waals surface area contributed by atoms with Crippen LogP contribution in [-0.4, -0.2) is 15.7 Å². The molecule has 0 fully saturated rings. The summed E-state index contributed by atoms with van der Waals surface area (Å²) < 4.78 is -0.170. The highest BCUT2D eigenvalue weighted by Gasteiger charge is 2.17. The van der Waals surface area contributed by atoms with E-state index in [1.165, 1.54) is 0 Å². The Morgan fingerprint density at radius 3 is 2.44 bits per heavy atom. The molecule has 0 aliphatic heterocycles. The van der Waals surface area contributed by atoms with E-state index in [-0.39, 0.29) is 9.94 Å². The quantitative estimate of drug-likeness (QED) is 0.581. The van der Waals surface area contributed by atoms with E-state index in [0.29, 0.717) is 16.5 Å². The molecule has 0 N–H and O–H groups in total. The molecule has 1 aromatic rings. The van der Waals surface area contributed by atoms with Crippen LogP contribution in [0.25, 0.3) is 0 Å². The van der Waals surface area contributed by atoms with Gasteiger partial charge in [-0.25, -0.2) is 0 Å².